The summed E-state index contributed by atoms with van der Waals surface area (Å²) in [6, 6.07) is 3.61. The minimum atomic E-state index is 0.583. The van der Waals surface area contributed by atoms with Gasteiger partial charge >= 0.3 is 0 Å². The van der Waals surface area contributed by atoms with E-state index in [-0.39, 0.29) is 0 Å². The molecule has 0 saturated heterocycles. The SMILES string of the molecule is C#Cc1cc(OCCC(C)C)c(C#C)cc1OCCC(C)C. The van der Waals surface area contributed by atoms with Crippen molar-refractivity contribution in [2.24, 2.45) is 11.8 Å². The first-order valence-electron chi connectivity index (χ1n) is 7.84. The second-order valence-electron chi connectivity index (χ2n) is 6.20. The van der Waals surface area contributed by atoms with Gasteiger partial charge in [0.15, 0.2) is 0 Å². The van der Waals surface area contributed by atoms with Crippen LogP contribution in [0.4, 0.5) is 0 Å². The van der Waals surface area contributed by atoms with Crippen LogP contribution < -0.4 is 9.47 Å². The lowest BCUT2D eigenvalue weighted by molar-refractivity contribution is 0.281. The lowest BCUT2D eigenvalue weighted by atomic mass is 10.1. The topological polar surface area (TPSA) is 18.5 Å². The molecule has 0 bridgehead atoms. The van der Waals surface area contributed by atoms with Gasteiger partial charge in [0.25, 0.3) is 0 Å². The molecule has 0 amide bonds. The Balaban J connectivity index is 2.88. The van der Waals surface area contributed by atoms with Crippen LogP contribution in [-0.4, -0.2) is 13.2 Å². The molecular weight excluding hydrogens is 272 g/mol. The average Bonchev–Trinajstić information content (AvgIpc) is 2.47. The fraction of sp³-hybridized carbons (Fsp3) is 0.500. The van der Waals surface area contributed by atoms with E-state index in [0.29, 0.717) is 47.7 Å². The van der Waals surface area contributed by atoms with Crippen LogP contribution in [0.25, 0.3) is 0 Å². The molecule has 0 fully saturated rings. The fourth-order valence-electron chi connectivity index (χ4n) is 1.83. The second kappa shape index (κ2) is 9.06. The smallest absolute Gasteiger partial charge is 0.136 e. The van der Waals surface area contributed by atoms with Gasteiger partial charge in [0.1, 0.15) is 11.5 Å². The minimum absolute atomic E-state index is 0.583. The number of hydrogen-bond acceptors (Lipinski definition) is 2. The summed E-state index contributed by atoms with van der Waals surface area (Å²) >= 11 is 0. The highest BCUT2D eigenvalue weighted by molar-refractivity contribution is 5.57. The molecule has 0 aromatic heterocycles. The van der Waals surface area contributed by atoms with Gasteiger partial charge < -0.3 is 9.47 Å². The normalized spacial score (nSPS) is 10.4. The zero-order valence-corrected chi connectivity index (χ0v) is 14.1. The molecule has 0 N–H and O–H groups in total. The van der Waals surface area contributed by atoms with Gasteiger partial charge in [-0.25, -0.2) is 0 Å². The predicted molar refractivity (Wildman–Crippen MR) is 92.2 cm³/mol. The van der Waals surface area contributed by atoms with Gasteiger partial charge in [0, 0.05) is 12.1 Å². The largest absolute Gasteiger partial charge is 0.492 e. The Bertz CT molecular complexity index is 505. The van der Waals surface area contributed by atoms with Crippen LogP contribution in [0.2, 0.25) is 0 Å². The second-order valence-corrected chi connectivity index (χ2v) is 6.20. The van der Waals surface area contributed by atoms with E-state index in [4.69, 9.17) is 22.3 Å². The maximum absolute atomic E-state index is 5.79. The number of terminal acetylenes is 2. The number of rotatable bonds is 8. The predicted octanol–water partition coefficient (Wildman–Crippen LogP) is 4.50. The molecule has 0 spiro atoms. The lowest BCUT2D eigenvalue weighted by Gasteiger charge is -2.14. The van der Waals surface area contributed by atoms with Crippen molar-refractivity contribution in [1.29, 1.82) is 0 Å². The quantitative estimate of drug-likeness (QED) is 0.658. The zero-order chi connectivity index (χ0) is 16.5. The maximum Gasteiger partial charge on any atom is 0.136 e. The summed E-state index contributed by atoms with van der Waals surface area (Å²) in [5, 5.41) is 0. The molecule has 118 valence electrons. The fourth-order valence-corrected chi connectivity index (χ4v) is 1.83. The molecule has 0 aliphatic heterocycles. The summed E-state index contributed by atoms with van der Waals surface area (Å²) in [4.78, 5) is 0. The van der Waals surface area contributed by atoms with Crippen LogP contribution in [0.1, 0.15) is 51.7 Å². The van der Waals surface area contributed by atoms with Gasteiger partial charge in [-0.3, -0.25) is 0 Å². The molecule has 0 aliphatic carbocycles. The van der Waals surface area contributed by atoms with E-state index < -0.39 is 0 Å². The third-order valence-electron chi connectivity index (χ3n) is 3.30. The average molecular weight is 298 g/mol. The van der Waals surface area contributed by atoms with Crippen molar-refractivity contribution in [2.75, 3.05) is 13.2 Å². The number of benzene rings is 1. The van der Waals surface area contributed by atoms with Crippen molar-refractivity contribution in [3.63, 3.8) is 0 Å². The molecule has 2 heteroatoms. The molecule has 0 heterocycles. The monoisotopic (exact) mass is 298 g/mol. The highest BCUT2D eigenvalue weighted by Crippen LogP contribution is 2.29. The Morgan fingerprint density at radius 1 is 0.818 bits per heavy atom. The van der Waals surface area contributed by atoms with Gasteiger partial charge in [-0.2, -0.15) is 0 Å². The van der Waals surface area contributed by atoms with Crippen molar-refractivity contribution in [3.05, 3.63) is 23.3 Å². The standard InChI is InChI=1S/C20H26O2/c1-7-17-13-20(22-12-10-16(5)6)18(8-2)14-19(17)21-11-9-15(3)4/h1-2,13-16H,9-12H2,3-6H3. The number of hydrogen-bond donors (Lipinski definition) is 0. The van der Waals surface area contributed by atoms with E-state index in [0.717, 1.165) is 12.8 Å². The molecule has 0 radical (unpaired) electrons. The van der Waals surface area contributed by atoms with Gasteiger partial charge in [0.05, 0.1) is 24.3 Å². The van der Waals surface area contributed by atoms with Crippen LogP contribution in [-0.2, 0) is 0 Å². The third kappa shape index (κ3) is 5.74. The van der Waals surface area contributed by atoms with Crippen LogP contribution in [0.5, 0.6) is 11.5 Å². The Morgan fingerprint density at radius 2 is 1.18 bits per heavy atom. The summed E-state index contributed by atoms with van der Waals surface area (Å²) in [5.41, 5.74) is 1.37. The Morgan fingerprint density at radius 3 is 1.45 bits per heavy atom. The summed E-state index contributed by atoms with van der Waals surface area (Å²) < 4.78 is 11.6. The van der Waals surface area contributed by atoms with Crippen LogP contribution >= 0.6 is 0 Å². The zero-order valence-electron chi connectivity index (χ0n) is 14.1. The molecule has 0 atom stereocenters. The lowest BCUT2D eigenvalue weighted by Crippen LogP contribution is -2.05. The van der Waals surface area contributed by atoms with Crippen LogP contribution in [0, 0.1) is 36.5 Å². The first-order chi connectivity index (χ1) is 10.5. The summed E-state index contributed by atoms with van der Waals surface area (Å²) in [5.74, 6) is 7.79. The van der Waals surface area contributed by atoms with Crippen molar-refractivity contribution in [1.82, 2.24) is 0 Å². The highest BCUT2D eigenvalue weighted by atomic mass is 16.5. The molecular formula is C20H26O2. The van der Waals surface area contributed by atoms with Crippen molar-refractivity contribution < 1.29 is 9.47 Å². The molecule has 0 aliphatic rings. The maximum atomic E-state index is 5.79. The molecule has 1 rings (SSSR count). The van der Waals surface area contributed by atoms with E-state index in [1.807, 2.05) is 0 Å². The Hall–Kier alpha value is -2.06. The summed E-state index contributed by atoms with van der Waals surface area (Å²) in [6.45, 7) is 9.88. The third-order valence-corrected chi connectivity index (χ3v) is 3.30. The summed E-state index contributed by atoms with van der Waals surface area (Å²) in [6.07, 6.45) is 13.1. The van der Waals surface area contributed by atoms with Crippen LogP contribution in [0.15, 0.2) is 12.1 Å². The number of ether oxygens (including phenoxy) is 2. The summed E-state index contributed by atoms with van der Waals surface area (Å²) in [7, 11) is 0. The molecule has 22 heavy (non-hydrogen) atoms. The molecule has 2 nitrogen and oxygen atoms in total. The molecule has 1 aromatic carbocycles. The first kappa shape index (κ1) is 18.0. The first-order valence-corrected chi connectivity index (χ1v) is 7.84. The van der Waals surface area contributed by atoms with Crippen molar-refractivity contribution >= 4 is 0 Å². The van der Waals surface area contributed by atoms with E-state index in [2.05, 4.69) is 39.5 Å². The highest BCUT2D eigenvalue weighted by Gasteiger charge is 2.10. The van der Waals surface area contributed by atoms with Gasteiger partial charge in [0.2, 0.25) is 0 Å². The molecule has 0 unspecified atom stereocenters. The van der Waals surface area contributed by atoms with Crippen molar-refractivity contribution in [2.45, 2.75) is 40.5 Å². The van der Waals surface area contributed by atoms with E-state index in [1.54, 1.807) is 12.1 Å². The Kier molecular flexibility index (Phi) is 7.41. The van der Waals surface area contributed by atoms with E-state index >= 15 is 0 Å². The van der Waals surface area contributed by atoms with E-state index in [1.165, 1.54) is 0 Å². The molecule has 0 saturated carbocycles. The van der Waals surface area contributed by atoms with Gasteiger partial charge in [-0.05, 0) is 24.7 Å². The van der Waals surface area contributed by atoms with Gasteiger partial charge in [-0.1, -0.05) is 39.5 Å². The minimum Gasteiger partial charge on any atom is -0.492 e. The van der Waals surface area contributed by atoms with Crippen LogP contribution in [0.3, 0.4) is 0 Å². The van der Waals surface area contributed by atoms with E-state index in [9.17, 15) is 0 Å². The van der Waals surface area contributed by atoms with Crippen molar-refractivity contribution in [3.8, 4) is 36.2 Å². The Labute approximate surface area is 135 Å². The van der Waals surface area contributed by atoms with Gasteiger partial charge in [-0.15, -0.1) is 12.8 Å². The molecule has 1 aromatic rings.